The highest BCUT2D eigenvalue weighted by Crippen LogP contribution is 2.28. The monoisotopic (exact) mass is 409 g/mol. The number of methoxy groups -OCH3 is 1. The van der Waals surface area contributed by atoms with E-state index in [0.717, 1.165) is 74.7 Å². The fourth-order valence-corrected chi connectivity index (χ4v) is 4.24. The third kappa shape index (κ3) is 4.54. The lowest BCUT2D eigenvalue weighted by molar-refractivity contribution is 0.0780. The van der Waals surface area contributed by atoms with E-state index in [-0.39, 0.29) is 5.91 Å². The smallest absolute Gasteiger partial charge is 0.254 e. The first-order chi connectivity index (χ1) is 14.7. The van der Waals surface area contributed by atoms with Crippen molar-refractivity contribution in [2.75, 3.05) is 64.9 Å². The van der Waals surface area contributed by atoms with Crippen molar-refractivity contribution in [1.82, 2.24) is 9.80 Å². The van der Waals surface area contributed by atoms with Crippen LogP contribution in [0.5, 0.6) is 11.5 Å². The maximum atomic E-state index is 12.3. The minimum Gasteiger partial charge on any atom is -0.495 e. The Labute approximate surface area is 179 Å². The molecule has 2 heterocycles. The van der Waals surface area contributed by atoms with Crippen molar-refractivity contribution in [3.05, 3.63) is 53.6 Å². The van der Waals surface area contributed by atoms with Gasteiger partial charge in [-0.2, -0.15) is 0 Å². The summed E-state index contributed by atoms with van der Waals surface area (Å²) in [4.78, 5) is 19.0. The van der Waals surface area contributed by atoms with Crippen molar-refractivity contribution < 1.29 is 14.3 Å². The normalized spacial score (nSPS) is 17.1. The molecule has 1 fully saturated rings. The molecule has 160 valence electrons. The first-order valence-electron chi connectivity index (χ1n) is 10.8. The van der Waals surface area contributed by atoms with Crippen LogP contribution in [0.4, 0.5) is 5.69 Å². The molecular weight excluding hydrogens is 378 g/mol. The third-order valence-corrected chi connectivity index (χ3v) is 6.06. The Kier molecular flexibility index (Phi) is 6.43. The number of benzene rings is 2. The van der Waals surface area contributed by atoms with Crippen LogP contribution in [0.2, 0.25) is 0 Å². The van der Waals surface area contributed by atoms with Gasteiger partial charge in [0.1, 0.15) is 11.5 Å². The van der Waals surface area contributed by atoms with E-state index >= 15 is 0 Å². The van der Waals surface area contributed by atoms with Crippen LogP contribution in [0.3, 0.4) is 0 Å². The van der Waals surface area contributed by atoms with Crippen molar-refractivity contribution in [2.45, 2.75) is 12.8 Å². The van der Waals surface area contributed by atoms with E-state index in [1.165, 1.54) is 5.69 Å². The summed E-state index contributed by atoms with van der Waals surface area (Å²) in [5.41, 5.74) is 3.09. The lowest BCUT2D eigenvalue weighted by atomic mass is 9.99. The number of para-hydroxylation sites is 2. The SMILES string of the molecule is COc1ccccc1N1CCN(CCCOc2ccc3c(c2)C(=O)N(C)CC3)CC1. The molecule has 0 saturated carbocycles. The van der Waals surface area contributed by atoms with E-state index in [1.54, 1.807) is 12.0 Å². The summed E-state index contributed by atoms with van der Waals surface area (Å²) in [5, 5.41) is 0. The molecule has 0 bridgehead atoms. The number of fused-ring (bicyclic) bond motifs is 1. The standard InChI is InChI=1S/C24H31N3O3/c1-25-12-10-19-8-9-20(18-21(19)24(25)28)30-17-5-11-26-13-15-27(16-14-26)22-6-3-4-7-23(22)29-2/h3-4,6-9,18H,5,10-17H2,1-2H3. The Morgan fingerprint density at radius 3 is 2.60 bits per heavy atom. The molecule has 6 nitrogen and oxygen atoms in total. The van der Waals surface area contributed by atoms with Crippen LogP contribution in [0.25, 0.3) is 0 Å². The predicted molar refractivity (Wildman–Crippen MR) is 119 cm³/mol. The van der Waals surface area contributed by atoms with Crippen LogP contribution in [-0.2, 0) is 6.42 Å². The number of rotatable bonds is 7. The lowest BCUT2D eigenvalue weighted by Gasteiger charge is -2.36. The lowest BCUT2D eigenvalue weighted by Crippen LogP contribution is -2.46. The molecule has 30 heavy (non-hydrogen) atoms. The molecule has 0 aliphatic carbocycles. The Hall–Kier alpha value is -2.73. The predicted octanol–water partition coefficient (Wildman–Crippen LogP) is 2.91. The zero-order chi connectivity index (χ0) is 20.9. The minimum atomic E-state index is 0.0922. The van der Waals surface area contributed by atoms with E-state index in [1.807, 2.05) is 37.4 Å². The van der Waals surface area contributed by atoms with Gasteiger partial charge in [-0.25, -0.2) is 0 Å². The van der Waals surface area contributed by atoms with Gasteiger partial charge in [0.2, 0.25) is 0 Å². The summed E-state index contributed by atoms with van der Waals surface area (Å²) in [5.74, 6) is 1.82. The number of anilines is 1. The highest BCUT2D eigenvalue weighted by atomic mass is 16.5. The second-order valence-electron chi connectivity index (χ2n) is 8.00. The maximum Gasteiger partial charge on any atom is 0.254 e. The van der Waals surface area contributed by atoms with Gasteiger partial charge in [-0.3, -0.25) is 9.69 Å². The van der Waals surface area contributed by atoms with E-state index in [0.29, 0.717) is 6.61 Å². The molecule has 1 amide bonds. The van der Waals surface area contributed by atoms with Gasteiger partial charge in [0, 0.05) is 51.9 Å². The summed E-state index contributed by atoms with van der Waals surface area (Å²) in [6, 6.07) is 14.1. The Bertz CT molecular complexity index is 878. The molecule has 6 heteroatoms. The van der Waals surface area contributed by atoms with Crippen molar-refractivity contribution in [3.8, 4) is 11.5 Å². The number of hydrogen-bond donors (Lipinski definition) is 0. The molecule has 1 saturated heterocycles. The summed E-state index contributed by atoms with van der Waals surface area (Å²) < 4.78 is 11.4. The molecule has 0 unspecified atom stereocenters. The number of piperazine rings is 1. The van der Waals surface area contributed by atoms with E-state index in [9.17, 15) is 4.79 Å². The first-order valence-corrected chi connectivity index (χ1v) is 10.8. The second-order valence-corrected chi connectivity index (χ2v) is 8.00. The summed E-state index contributed by atoms with van der Waals surface area (Å²) in [6.45, 7) is 6.55. The number of carbonyl (C=O) groups excluding carboxylic acids is 1. The number of likely N-dealkylation sites (N-methyl/N-ethyl adjacent to an activating group) is 1. The molecule has 0 radical (unpaired) electrons. The Balaban J connectivity index is 1.21. The second kappa shape index (κ2) is 9.39. The van der Waals surface area contributed by atoms with E-state index < -0.39 is 0 Å². The molecule has 4 rings (SSSR count). The highest BCUT2D eigenvalue weighted by molar-refractivity contribution is 5.97. The zero-order valence-electron chi connectivity index (χ0n) is 18.0. The highest BCUT2D eigenvalue weighted by Gasteiger charge is 2.22. The molecular formula is C24H31N3O3. The topological polar surface area (TPSA) is 45.3 Å². The van der Waals surface area contributed by atoms with Crippen molar-refractivity contribution in [2.24, 2.45) is 0 Å². The number of amides is 1. The summed E-state index contributed by atoms with van der Waals surface area (Å²) >= 11 is 0. The Morgan fingerprint density at radius 1 is 1.00 bits per heavy atom. The van der Waals surface area contributed by atoms with Crippen LogP contribution in [0.15, 0.2) is 42.5 Å². The maximum absolute atomic E-state index is 12.3. The number of hydrogen-bond acceptors (Lipinski definition) is 5. The zero-order valence-corrected chi connectivity index (χ0v) is 18.0. The first kappa shape index (κ1) is 20.5. The summed E-state index contributed by atoms with van der Waals surface area (Å²) in [6.07, 6.45) is 1.89. The van der Waals surface area contributed by atoms with Crippen molar-refractivity contribution >= 4 is 11.6 Å². The van der Waals surface area contributed by atoms with Gasteiger partial charge in [0.05, 0.1) is 19.4 Å². The molecule has 0 aromatic heterocycles. The van der Waals surface area contributed by atoms with Gasteiger partial charge in [-0.15, -0.1) is 0 Å². The van der Waals surface area contributed by atoms with E-state index in [2.05, 4.69) is 21.9 Å². The number of nitrogens with zero attached hydrogens (tertiary/aromatic N) is 3. The molecule has 0 atom stereocenters. The Morgan fingerprint density at radius 2 is 1.80 bits per heavy atom. The molecule has 0 N–H and O–H groups in total. The molecule has 2 aromatic carbocycles. The fraction of sp³-hybridized carbons (Fsp3) is 0.458. The van der Waals surface area contributed by atoms with Crippen LogP contribution >= 0.6 is 0 Å². The van der Waals surface area contributed by atoms with Crippen LogP contribution in [-0.4, -0.2) is 75.7 Å². The van der Waals surface area contributed by atoms with E-state index in [4.69, 9.17) is 9.47 Å². The van der Waals surface area contributed by atoms with Gasteiger partial charge in [0.25, 0.3) is 5.91 Å². The van der Waals surface area contributed by atoms with Crippen molar-refractivity contribution in [3.63, 3.8) is 0 Å². The van der Waals surface area contributed by atoms with Crippen molar-refractivity contribution in [1.29, 1.82) is 0 Å². The molecule has 2 aromatic rings. The largest absolute Gasteiger partial charge is 0.495 e. The van der Waals surface area contributed by atoms with Crippen LogP contribution < -0.4 is 14.4 Å². The van der Waals surface area contributed by atoms with Crippen LogP contribution in [0.1, 0.15) is 22.3 Å². The average Bonchev–Trinajstić information content (AvgIpc) is 2.80. The van der Waals surface area contributed by atoms with Crippen LogP contribution in [0, 0.1) is 0 Å². The average molecular weight is 410 g/mol. The van der Waals surface area contributed by atoms with Gasteiger partial charge in [-0.05, 0) is 42.7 Å². The number of carbonyl (C=O) groups is 1. The van der Waals surface area contributed by atoms with Gasteiger partial charge in [0.15, 0.2) is 0 Å². The molecule has 2 aliphatic rings. The van der Waals surface area contributed by atoms with Gasteiger partial charge >= 0.3 is 0 Å². The minimum absolute atomic E-state index is 0.0922. The third-order valence-electron chi connectivity index (χ3n) is 6.06. The van der Waals surface area contributed by atoms with Gasteiger partial charge < -0.3 is 19.3 Å². The van der Waals surface area contributed by atoms with Gasteiger partial charge in [-0.1, -0.05) is 18.2 Å². The molecule has 0 spiro atoms. The number of ether oxygens (including phenoxy) is 2. The summed E-state index contributed by atoms with van der Waals surface area (Å²) in [7, 11) is 3.58. The quantitative estimate of drug-likeness (QED) is 0.658. The molecule has 2 aliphatic heterocycles. The fourth-order valence-electron chi connectivity index (χ4n) is 4.24.